The minimum Gasteiger partial charge on any atom is -0.293 e. The molecule has 2 heteroatoms. The fraction of sp³-hybridized carbons (Fsp3) is 0.0385. The van der Waals surface area contributed by atoms with Gasteiger partial charge in [-0.05, 0) is 24.1 Å². The van der Waals surface area contributed by atoms with Crippen LogP contribution in [0.2, 0.25) is 0 Å². The number of Topliss-reactive ketones (excluding diaryl/α,β-unsaturated/α-hetero) is 1. The first-order chi connectivity index (χ1) is 13.8. The first-order valence-electron chi connectivity index (χ1n) is 9.38. The van der Waals surface area contributed by atoms with Crippen molar-refractivity contribution in [2.45, 2.75) is 5.66 Å². The fourth-order valence-electron chi connectivity index (χ4n) is 3.44. The van der Waals surface area contributed by atoms with Gasteiger partial charge in [-0.25, -0.2) is 0 Å². The highest BCUT2D eigenvalue weighted by atomic mass is 31.1. The summed E-state index contributed by atoms with van der Waals surface area (Å²) in [5.74, 6) is 0.172. The Morgan fingerprint density at radius 2 is 0.929 bits per heavy atom. The quantitative estimate of drug-likeness (QED) is 0.308. The zero-order valence-corrected chi connectivity index (χ0v) is 16.4. The van der Waals surface area contributed by atoms with Crippen LogP contribution < -0.4 is 10.6 Å². The molecule has 0 spiro atoms. The first-order valence-corrected chi connectivity index (χ1v) is 10.8. The number of carbonyl (C=O) groups is 1. The van der Waals surface area contributed by atoms with Gasteiger partial charge < -0.3 is 0 Å². The van der Waals surface area contributed by atoms with Gasteiger partial charge in [0.05, 0.1) is 5.66 Å². The number of carbonyl (C=O) groups excluding carboxylic acids is 1. The number of ketones is 1. The molecule has 0 saturated heterocycles. The molecule has 0 bridgehead atoms. The zero-order valence-electron chi connectivity index (χ0n) is 15.5. The van der Waals surface area contributed by atoms with Gasteiger partial charge in [-0.3, -0.25) is 4.79 Å². The van der Waals surface area contributed by atoms with Crippen molar-refractivity contribution in [1.29, 1.82) is 0 Å². The second-order valence-corrected chi connectivity index (χ2v) is 8.87. The summed E-state index contributed by atoms with van der Waals surface area (Å²) in [6.45, 7) is 0. The van der Waals surface area contributed by atoms with Gasteiger partial charge in [0, 0.05) is 5.56 Å². The summed E-state index contributed by atoms with van der Waals surface area (Å²) in [7, 11) is -0.903. The van der Waals surface area contributed by atoms with E-state index in [-0.39, 0.29) is 11.4 Å². The van der Waals surface area contributed by atoms with Gasteiger partial charge >= 0.3 is 0 Å². The van der Waals surface area contributed by atoms with Gasteiger partial charge in [-0.15, -0.1) is 0 Å². The molecule has 4 aromatic rings. The summed E-state index contributed by atoms with van der Waals surface area (Å²) < 4.78 is 0. The SMILES string of the molecule is O=C(c1ccccc1)C(c1ccccc1)P(c1ccccc1)c1ccccc1. The molecule has 1 unspecified atom stereocenters. The summed E-state index contributed by atoms with van der Waals surface area (Å²) >= 11 is 0. The molecular weight excluding hydrogens is 359 g/mol. The van der Waals surface area contributed by atoms with E-state index in [0.29, 0.717) is 0 Å². The standard InChI is InChI=1S/C26H21OP/c27-25(21-13-5-1-6-14-21)26(22-15-7-2-8-16-22)28(23-17-9-3-10-18-23)24-19-11-4-12-20-24/h1-20,26H. The van der Waals surface area contributed by atoms with Gasteiger partial charge in [-0.1, -0.05) is 121 Å². The van der Waals surface area contributed by atoms with Crippen molar-refractivity contribution in [3.05, 3.63) is 132 Å². The van der Waals surface area contributed by atoms with Crippen LogP contribution in [0, 0.1) is 0 Å². The monoisotopic (exact) mass is 380 g/mol. The molecule has 0 amide bonds. The topological polar surface area (TPSA) is 17.1 Å². The molecule has 4 aromatic carbocycles. The molecule has 136 valence electrons. The Hall–Kier alpha value is -3.02. The molecule has 28 heavy (non-hydrogen) atoms. The van der Waals surface area contributed by atoms with Crippen molar-refractivity contribution >= 4 is 24.3 Å². The Balaban J connectivity index is 1.90. The summed E-state index contributed by atoms with van der Waals surface area (Å²) in [6.07, 6.45) is 0. The molecule has 1 nitrogen and oxygen atoms in total. The second kappa shape index (κ2) is 8.78. The highest BCUT2D eigenvalue weighted by Crippen LogP contribution is 2.51. The van der Waals surface area contributed by atoms with Crippen molar-refractivity contribution in [1.82, 2.24) is 0 Å². The van der Waals surface area contributed by atoms with E-state index in [9.17, 15) is 4.79 Å². The number of hydrogen-bond acceptors (Lipinski definition) is 1. The normalized spacial score (nSPS) is 11.9. The lowest BCUT2D eigenvalue weighted by Gasteiger charge is -2.28. The van der Waals surface area contributed by atoms with Crippen LogP contribution in [0.1, 0.15) is 21.6 Å². The number of hydrogen-bond donors (Lipinski definition) is 0. The van der Waals surface area contributed by atoms with E-state index in [0.717, 1.165) is 11.1 Å². The van der Waals surface area contributed by atoms with E-state index >= 15 is 0 Å². The number of benzene rings is 4. The van der Waals surface area contributed by atoms with E-state index in [1.54, 1.807) is 0 Å². The Kier molecular flexibility index (Phi) is 5.75. The Labute approximate surface area is 167 Å². The third-order valence-electron chi connectivity index (χ3n) is 4.75. The predicted molar refractivity (Wildman–Crippen MR) is 119 cm³/mol. The molecule has 0 aliphatic rings. The zero-order chi connectivity index (χ0) is 19.2. The molecule has 0 aliphatic carbocycles. The molecule has 0 aromatic heterocycles. The largest absolute Gasteiger partial charge is 0.293 e. The Morgan fingerprint density at radius 3 is 1.39 bits per heavy atom. The van der Waals surface area contributed by atoms with Gasteiger partial charge in [0.25, 0.3) is 0 Å². The second-order valence-electron chi connectivity index (χ2n) is 6.58. The van der Waals surface area contributed by atoms with Gasteiger partial charge in [-0.2, -0.15) is 0 Å². The first kappa shape index (κ1) is 18.3. The summed E-state index contributed by atoms with van der Waals surface area (Å²) in [5, 5.41) is 2.42. The minimum atomic E-state index is -0.903. The van der Waals surface area contributed by atoms with Crippen molar-refractivity contribution in [3.63, 3.8) is 0 Å². The molecule has 0 aliphatic heterocycles. The Morgan fingerprint density at radius 1 is 0.536 bits per heavy atom. The van der Waals surface area contributed by atoms with Crippen LogP contribution in [0.4, 0.5) is 0 Å². The molecule has 4 rings (SSSR count). The fourth-order valence-corrected chi connectivity index (χ4v) is 6.17. The van der Waals surface area contributed by atoms with Gasteiger partial charge in [0.2, 0.25) is 0 Å². The molecule has 1 atom stereocenters. The van der Waals surface area contributed by atoms with Crippen LogP contribution in [0.3, 0.4) is 0 Å². The molecule has 0 N–H and O–H groups in total. The maximum Gasteiger partial charge on any atom is 0.175 e. The summed E-state index contributed by atoms with van der Waals surface area (Å²) in [6, 6.07) is 40.7. The van der Waals surface area contributed by atoms with Crippen LogP contribution in [0.15, 0.2) is 121 Å². The average Bonchev–Trinajstić information content (AvgIpc) is 2.79. The van der Waals surface area contributed by atoms with Crippen LogP contribution in [-0.2, 0) is 0 Å². The van der Waals surface area contributed by atoms with E-state index in [1.165, 1.54) is 10.6 Å². The van der Waals surface area contributed by atoms with Crippen LogP contribution >= 0.6 is 7.92 Å². The summed E-state index contributed by atoms with van der Waals surface area (Å²) in [5.41, 5.74) is 1.59. The van der Waals surface area contributed by atoms with Crippen molar-refractivity contribution in [2.75, 3.05) is 0 Å². The summed E-state index contributed by atoms with van der Waals surface area (Å²) in [4.78, 5) is 13.7. The third-order valence-corrected chi connectivity index (χ3v) is 7.51. The molecule has 0 fully saturated rings. The smallest absolute Gasteiger partial charge is 0.175 e. The Bertz CT molecular complexity index is 976. The highest BCUT2D eigenvalue weighted by molar-refractivity contribution is 7.74. The van der Waals surface area contributed by atoms with E-state index in [2.05, 4.69) is 60.7 Å². The predicted octanol–water partition coefficient (Wildman–Crippen LogP) is 5.74. The molecule has 0 heterocycles. The maximum absolute atomic E-state index is 13.7. The highest BCUT2D eigenvalue weighted by Gasteiger charge is 2.32. The minimum absolute atomic E-state index is 0.172. The average molecular weight is 380 g/mol. The lowest BCUT2D eigenvalue weighted by Crippen LogP contribution is -2.22. The van der Waals surface area contributed by atoms with Crippen molar-refractivity contribution < 1.29 is 4.79 Å². The van der Waals surface area contributed by atoms with E-state index in [4.69, 9.17) is 0 Å². The van der Waals surface area contributed by atoms with Crippen LogP contribution in [0.5, 0.6) is 0 Å². The van der Waals surface area contributed by atoms with Gasteiger partial charge in [0.15, 0.2) is 5.78 Å². The van der Waals surface area contributed by atoms with Crippen molar-refractivity contribution in [3.8, 4) is 0 Å². The van der Waals surface area contributed by atoms with Crippen LogP contribution in [-0.4, -0.2) is 5.78 Å². The lowest BCUT2D eigenvalue weighted by molar-refractivity contribution is 0.0988. The molecular formula is C26H21OP. The van der Waals surface area contributed by atoms with Crippen molar-refractivity contribution in [2.24, 2.45) is 0 Å². The maximum atomic E-state index is 13.7. The van der Waals surface area contributed by atoms with Crippen LogP contribution in [0.25, 0.3) is 0 Å². The lowest BCUT2D eigenvalue weighted by atomic mass is 10.0. The third kappa shape index (κ3) is 3.96. The van der Waals surface area contributed by atoms with Gasteiger partial charge in [0.1, 0.15) is 0 Å². The van der Waals surface area contributed by atoms with E-state index in [1.807, 2.05) is 60.7 Å². The molecule has 0 radical (unpaired) electrons. The number of rotatable bonds is 6. The molecule has 0 saturated carbocycles. The van der Waals surface area contributed by atoms with E-state index < -0.39 is 7.92 Å².